The summed E-state index contributed by atoms with van der Waals surface area (Å²) in [5, 5.41) is 7.20. The molecule has 0 bridgehead atoms. The summed E-state index contributed by atoms with van der Waals surface area (Å²) < 4.78 is 5.82. The average molecular weight is 337 g/mol. The van der Waals surface area contributed by atoms with Crippen molar-refractivity contribution >= 4 is 44.3 Å². The SMILES string of the molecule is O=C(Nc1ccc2ccccc2c1)c1ccc2oc3ccccc3c2c1. The number of carbonyl (C=O) groups is 1. The summed E-state index contributed by atoms with van der Waals surface area (Å²) in [5.41, 5.74) is 3.01. The van der Waals surface area contributed by atoms with Gasteiger partial charge in [-0.1, -0.05) is 48.5 Å². The normalized spacial score (nSPS) is 11.2. The number of hydrogen-bond acceptors (Lipinski definition) is 2. The first-order valence-corrected chi connectivity index (χ1v) is 8.49. The standard InChI is InChI=1S/C23H15NO2/c25-23(24-18-11-9-15-5-1-2-6-16(15)13-18)17-10-12-22-20(14-17)19-7-3-4-8-21(19)26-22/h1-14H,(H,24,25). The summed E-state index contributed by atoms with van der Waals surface area (Å²) in [6, 6.07) is 27.4. The van der Waals surface area contributed by atoms with Gasteiger partial charge < -0.3 is 9.73 Å². The summed E-state index contributed by atoms with van der Waals surface area (Å²) in [4.78, 5) is 12.7. The van der Waals surface area contributed by atoms with Crippen molar-refractivity contribution in [2.45, 2.75) is 0 Å². The van der Waals surface area contributed by atoms with Gasteiger partial charge in [0.15, 0.2) is 0 Å². The Morgan fingerprint density at radius 1 is 0.692 bits per heavy atom. The molecule has 124 valence electrons. The number of fused-ring (bicyclic) bond motifs is 4. The zero-order valence-electron chi connectivity index (χ0n) is 13.9. The lowest BCUT2D eigenvalue weighted by Crippen LogP contribution is -2.11. The van der Waals surface area contributed by atoms with Crippen LogP contribution in [0.5, 0.6) is 0 Å². The van der Waals surface area contributed by atoms with Crippen LogP contribution in [0, 0.1) is 0 Å². The largest absolute Gasteiger partial charge is 0.456 e. The number of carbonyl (C=O) groups excluding carboxylic acids is 1. The number of anilines is 1. The third kappa shape index (κ3) is 2.42. The van der Waals surface area contributed by atoms with Gasteiger partial charge in [0.25, 0.3) is 5.91 Å². The number of amides is 1. The third-order valence-electron chi connectivity index (χ3n) is 4.65. The van der Waals surface area contributed by atoms with Crippen molar-refractivity contribution < 1.29 is 9.21 Å². The second kappa shape index (κ2) is 5.74. The zero-order chi connectivity index (χ0) is 17.5. The van der Waals surface area contributed by atoms with Crippen LogP contribution in [0.3, 0.4) is 0 Å². The lowest BCUT2D eigenvalue weighted by Gasteiger charge is -2.07. The summed E-state index contributed by atoms with van der Waals surface area (Å²) in [6.07, 6.45) is 0. The number of rotatable bonds is 2. The van der Waals surface area contributed by atoms with E-state index in [9.17, 15) is 4.79 Å². The van der Waals surface area contributed by atoms with Gasteiger partial charge in [0.2, 0.25) is 0 Å². The molecule has 1 N–H and O–H groups in total. The Labute approximate surface area is 149 Å². The Hall–Kier alpha value is -3.59. The van der Waals surface area contributed by atoms with E-state index in [0.717, 1.165) is 38.4 Å². The smallest absolute Gasteiger partial charge is 0.255 e. The van der Waals surface area contributed by atoms with Gasteiger partial charge in [0.1, 0.15) is 11.2 Å². The molecule has 1 aromatic heterocycles. The zero-order valence-corrected chi connectivity index (χ0v) is 13.9. The molecule has 0 aliphatic rings. The van der Waals surface area contributed by atoms with E-state index in [4.69, 9.17) is 4.42 Å². The van der Waals surface area contributed by atoms with Crippen LogP contribution in [0.4, 0.5) is 5.69 Å². The fraction of sp³-hybridized carbons (Fsp3) is 0. The van der Waals surface area contributed by atoms with Crippen molar-refractivity contribution in [1.29, 1.82) is 0 Å². The van der Waals surface area contributed by atoms with Crippen molar-refractivity contribution in [2.24, 2.45) is 0 Å². The van der Waals surface area contributed by atoms with Crippen LogP contribution >= 0.6 is 0 Å². The van der Waals surface area contributed by atoms with Crippen LogP contribution in [0.25, 0.3) is 32.7 Å². The van der Waals surface area contributed by atoms with Crippen molar-refractivity contribution in [1.82, 2.24) is 0 Å². The molecule has 5 aromatic rings. The van der Waals surface area contributed by atoms with Crippen LogP contribution in [0.2, 0.25) is 0 Å². The van der Waals surface area contributed by atoms with Gasteiger partial charge in [0, 0.05) is 22.0 Å². The van der Waals surface area contributed by atoms with Crippen molar-refractivity contribution in [2.75, 3.05) is 5.32 Å². The van der Waals surface area contributed by atoms with E-state index in [1.807, 2.05) is 72.8 Å². The highest BCUT2D eigenvalue weighted by Gasteiger charge is 2.11. The molecule has 3 heteroatoms. The lowest BCUT2D eigenvalue weighted by molar-refractivity contribution is 0.102. The minimum Gasteiger partial charge on any atom is -0.456 e. The summed E-state index contributed by atoms with van der Waals surface area (Å²) in [6.45, 7) is 0. The predicted octanol–water partition coefficient (Wildman–Crippen LogP) is 5.99. The molecule has 26 heavy (non-hydrogen) atoms. The Kier molecular flexibility index (Phi) is 3.25. The Bertz CT molecular complexity index is 1280. The topological polar surface area (TPSA) is 42.2 Å². The molecule has 5 rings (SSSR count). The molecule has 1 amide bonds. The second-order valence-corrected chi connectivity index (χ2v) is 6.33. The monoisotopic (exact) mass is 337 g/mol. The Morgan fingerprint density at radius 2 is 1.46 bits per heavy atom. The number of hydrogen-bond donors (Lipinski definition) is 1. The Balaban J connectivity index is 1.51. The minimum absolute atomic E-state index is 0.132. The van der Waals surface area contributed by atoms with E-state index in [1.165, 1.54) is 0 Å². The number of furan rings is 1. The van der Waals surface area contributed by atoms with Gasteiger partial charge in [-0.25, -0.2) is 0 Å². The fourth-order valence-electron chi connectivity index (χ4n) is 3.34. The van der Waals surface area contributed by atoms with Gasteiger partial charge in [-0.2, -0.15) is 0 Å². The molecule has 0 saturated carbocycles. The predicted molar refractivity (Wildman–Crippen MR) is 106 cm³/mol. The van der Waals surface area contributed by atoms with Crippen LogP contribution in [-0.2, 0) is 0 Å². The van der Waals surface area contributed by atoms with E-state index in [0.29, 0.717) is 5.56 Å². The molecule has 4 aromatic carbocycles. The van der Waals surface area contributed by atoms with Gasteiger partial charge in [0.05, 0.1) is 0 Å². The highest BCUT2D eigenvalue weighted by Crippen LogP contribution is 2.29. The summed E-state index contributed by atoms with van der Waals surface area (Å²) >= 11 is 0. The van der Waals surface area contributed by atoms with E-state index < -0.39 is 0 Å². The van der Waals surface area contributed by atoms with Crippen LogP contribution in [0.15, 0.2) is 89.3 Å². The summed E-state index contributed by atoms with van der Waals surface area (Å²) in [7, 11) is 0. The highest BCUT2D eigenvalue weighted by atomic mass is 16.3. The highest BCUT2D eigenvalue weighted by molar-refractivity contribution is 6.11. The molecule has 1 heterocycles. The van der Waals surface area contributed by atoms with Gasteiger partial charge >= 0.3 is 0 Å². The molecule has 0 spiro atoms. The molecule has 0 unspecified atom stereocenters. The molecule has 0 aliphatic carbocycles. The van der Waals surface area contributed by atoms with Crippen LogP contribution in [0.1, 0.15) is 10.4 Å². The van der Waals surface area contributed by atoms with Crippen molar-refractivity contribution in [3.8, 4) is 0 Å². The quantitative estimate of drug-likeness (QED) is 0.430. The first-order chi connectivity index (χ1) is 12.8. The molecular weight excluding hydrogens is 322 g/mol. The maximum absolute atomic E-state index is 12.7. The number of para-hydroxylation sites is 1. The van der Waals surface area contributed by atoms with Crippen molar-refractivity contribution in [3.05, 3.63) is 90.5 Å². The maximum Gasteiger partial charge on any atom is 0.255 e. The van der Waals surface area contributed by atoms with E-state index >= 15 is 0 Å². The molecule has 0 atom stereocenters. The van der Waals surface area contributed by atoms with E-state index in [-0.39, 0.29) is 5.91 Å². The maximum atomic E-state index is 12.7. The minimum atomic E-state index is -0.132. The fourth-order valence-corrected chi connectivity index (χ4v) is 3.34. The van der Waals surface area contributed by atoms with Crippen LogP contribution < -0.4 is 5.32 Å². The lowest BCUT2D eigenvalue weighted by atomic mass is 10.1. The first kappa shape index (κ1) is 14.7. The van der Waals surface area contributed by atoms with E-state index in [1.54, 1.807) is 6.07 Å². The number of benzene rings is 4. The molecule has 0 radical (unpaired) electrons. The molecule has 0 aliphatic heterocycles. The van der Waals surface area contributed by atoms with Crippen LogP contribution in [-0.4, -0.2) is 5.91 Å². The second-order valence-electron chi connectivity index (χ2n) is 6.33. The first-order valence-electron chi connectivity index (χ1n) is 8.49. The molecule has 0 saturated heterocycles. The van der Waals surface area contributed by atoms with Crippen molar-refractivity contribution in [3.63, 3.8) is 0 Å². The molecular formula is C23H15NO2. The third-order valence-corrected chi connectivity index (χ3v) is 4.65. The van der Waals surface area contributed by atoms with E-state index in [2.05, 4.69) is 11.4 Å². The number of nitrogens with one attached hydrogen (secondary N) is 1. The molecule has 3 nitrogen and oxygen atoms in total. The van der Waals surface area contributed by atoms with Gasteiger partial charge in [-0.15, -0.1) is 0 Å². The van der Waals surface area contributed by atoms with Gasteiger partial charge in [-0.05, 0) is 47.2 Å². The molecule has 0 fully saturated rings. The summed E-state index contributed by atoms with van der Waals surface area (Å²) in [5.74, 6) is -0.132. The van der Waals surface area contributed by atoms with Gasteiger partial charge in [-0.3, -0.25) is 4.79 Å². The average Bonchev–Trinajstić information content (AvgIpc) is 3.06. The Morgan fingerprint density at radius 3 is 2.38 bits per heavy atom.